The second-order valence-electron chi connectivity index (χ2n) is 7.22. The molecule has 28 heavy (non-hydrogen) atoms. The Hall–Kier alpha value is -2.84. The molecule has 1 aliphatic rings. The molecule has 1 fully saturated rings. The third-order valence-corrected chi connectivity index (χ3v) is 5.11. The van der Waals surface area contributed by atoms with Crippen molar-refractivity contribution in [2.24, 2.45) is 7.05 Å². The van der Waals surface area contributed by atoms with Gasteiger partial charge in [-0.3, -0.25) is 4.79 Å². The molecule has 1 N–H and O–H groups in total. The minimum Gasteiger partial charge on any atom is -0.378 e. The van der Waals surface area contributed by atoms with Gasteiger partial charge in [-0.25, -0.2) is 4.98 Å². The molecule has 8 nitrogen and oxygen atoms in total. The van der Waals surface area contributed by atoms with E-state index in [1.54, 1.807) is 7.11 Å². The van der Waals surface area contributed by atoms with Gasteiger partial charge in [0.1, 0.15) is 5.60 Å². The van der Waals surface area contributed by atoms with Crippen molar-refractivity contribution in [3.63, 3.8) is 0 Å². The lowest BCUT2D eigenvalue weighted by Gasteiger charge is -2.26. The summed E-state index contributed by atoms with van der Waals surface area (Å²) in [6, 6.07) is 5.92. The Kier molecular flexibility index (Phi) is 4.60. The molecule has 0 aromatic carbocycles. The number of aryl methyl sites for hydroxylation is 2. The summed E-state index contributed by atoms with van der Waals surface area (Å²) in [5, 5.41) is 11.9. The van der Waals surface area contributed by atoms with E-state index in [9.17, 15) is 4.79 Å². The van der Waals surface area contributed by atoms with Crippen molar-refractivity contribution < 1.29 is 14.3 Å². The molecule has 1 saturated heterocycles. The average molecular weight is 381 g/mol. The first-order valence-electron chi connectivity index (χ1n) is 9.15. The molecule has 0 saturated carbocycles. The van der Waals surface area contributed by atoms with Crippen LogP contribution >= 0.6 is 0 Å². The maximum atomic E-state index is 11.4. The normalized spacial score (nSPS) is 19.3. The Labute approximate surface area is 162 Å². The van der Waals surface area contributed by atoms with E-state index in [2.05, 4.69) is 21.6 Å². The molecule has 3 aromatic rings. The van der Waals surface area contributed by atoms with Crippen molar-refractivity contribution in [2.75, 3.05) is 25.6 Å². The third-order valence-electron chi connectivity index (χ3n) is 5.11. The second kappa shape index (κ2) is 6.96. The predicted octanol–water partition coefficient (Wildman–Crippen LogP) is 2.56. The van der Waals surface area contributed by atoms with Crippen LogP contribution in [0.5, 0.6) is 0 Å². The fourth-order valence-corrected chi connectivity index (χ4v) is 3.67. The number of nitrogens with zero attached hydrogens (tertiary/aromatic N) is 4. The number of hydrogen-bond donors (Lipinski definition) is 1. The van der Waals surface area contributed by atoms with Crippen molar-refractivity contribution in [1.29, 1.82) is 0 Å². The standard InChI is InChI=1S/C20H23N5O3/c1-12-7-16(22-17(8-12)20(27-4)5-6-28-11-20)15-10-25(3)19-14(15)9-18(23-24-19)21-13(2)26/h7-10H,5-6,11H2,1-4H3,(H,21,23,26)/t20-/m1/s1. The third kappa shape index (κ3) is 3.14. The van der Waals surface area contributed by atoms with Crippen LogP contribution in [0.25, 0.3) is 22.3 Å². The van der Waals surface area contributed by atoms with Crippen LogP contribution in [-0.2, 0) is 26.9 Å². The summed E-state index contributed by atoms with van der Waals surface area (Å²) in [6.07, 6.45) is 2.75. The molecule has 4 heterocycles. The Bertz CT molecular complexity index is 1050. The summed E-state index contributed by atoms with van der Waals surface area (Å²) in [6.45, 7) is 4.64. The lowest BCUT2D eigenvalue weighted by atomic mass is 9.95. The zero-order valence-corrected chi connectivity index (χ0v) is 16.4. The number of carbonyl (C=O) groups excluding carboxylic acids is 1. The first kappa shape index (κ1) is 18.5. The van der Waals surface area contributed by atoms with Crippen molar-refractivity contribution in [3.05, 3.63) is 35.7 Å². The Morgan fingerprint density at radius 1 is 1.32 bits per heavy atom. The molecule has 1 aliphatic heterocycles. The highest BCUT2D eigenvalue weighted by Crippen LogP contribution is 2.36. The highest BCUT2D eigenvalue weighted by molar-refractivity contribution is 5.96. The highest BCUT2D eigenvalue weighted by atomic mass is 16.5. The number of hydrogen-bond acceptors (Lipinski definition) is 6. The van der Waals surface area contributed by atoms with Gasteiger partial charge in [0, 0.05) is 51.3 Å². The maximum Gasteiger partial charge on any atom is 0.222 e. The summed E-state index contributed by atoms with van der Waals surface area (Å²) in [5.74, 6) is 0.225. The van der Waals surface area contributed by atoms with Crippen LogP contribution in [0.2, 0.25) is 0 Å². The number of carbonyl (C=O) groups is 1. The van der Waals surface area contributed by atoms with E-state index in [1.165, 1.54) is 6.92 Å². The molecular formula is C20H23N5O3. The van der Waals surface area contributed by atoms with Crippen molar-refractivity contribution in [1.82, 2.24) is 19.7 Å². The largest absolute Gasteiger partial charge is 0.378 e. The number of fused-ring (bicyclic) bond motifs is 1. The number of pyridine rings is 1. The monoisotopic (exact) mass is 381 g/mol. The maximum absolute atomic E-state index is 11.4. The van der Waals surface area contributed by atoms with Crippen LogP contribution in [0.1, 0.15) is 24.6 Å². The Balaban J connectivity index is 1.87. The van der Waals surface area contributed by atoms with Gasteiger partial charge in [0.25, 0.3) is 0 Å². The van der Waals surface area contributed by atoms with Crippen LogP contribution in [0, 0.1) is 6.92 Å². The fraction of sp³-hybridized carbons (Fsp3) is 0.400. The fourth-order valence-electron chi connectivity index (χ4n) is 3.67. The molecule has 0 aliphatic carbocycles. The number of ether oxygens (including phenoxy) is 2. The van der Waals surface area contributed by atoms with E-state index in [0.29, 0.717) is 19.0 Å². The summed E-state index contributed by atoms with van der Waals surface area (Å²) in [4.78, 5) is 16.3. The smallest absolute Gasteiger partial charge is 0.222 e. The van der Waals surface area contributed by atoms with Gasteiger partial charge in [-0.2, -0.15) is 0 Å². The first-order valence-corrected chi connectivity index (χ1v) is 9.15. The van der Waals surface area contributed by atoms with Crippen LogP contribution < -0.4 is 5.32 Å². The van der Waals surface area contributed by atoms with Gasteiger partial charge in [-0.05, 0) is 30.7 Å². The van der Waals surface area contributed by atoms with Crippen molar-refractivity contribution >= 4 is 22.8 Å². The topological polar surface area (TPSA) is 91.2 Å². The molecule has 0 radical (unpaired) electrons. The molecule has 3 aromatic heterocycles. The molecule has 4 rings (SSSR count). The van der Waals surface area contributed by atoms with Crippen LogP contribution in [0.15, 0.2) is 24.4 Å². The van der Waals surface area contributed by atoms with Gasteiger partial charge in [0.2, 0.25) is 5.91 Å². The van der Waals surface area contributed by atoms with Gasteiger partial charge >= 0.3 is 0 Å². The number of methoxy groups -OCH3 is 1. The number of amides is 1. The van der Waals surface area contributed by atoms with E-state index in [0.717, 1.165) is 40.0 Å². The lowest BCUT2D eigenvalue weighted by molar-refractivity contribution is -0.114. The van der Waals surface area contributed by atoms with E-state index in [-0.39, 0.29) is 5.91 Å². The molecule has 8 heteroatoms. The highest BCUT2D eigenvalue weighted by Gasteiger charge is 2.38. The summed E-state index contributed by atoms with van der Waals surface area (Å²) in [5.41, 5.74) is 3.90. The summed E-state index contributed by atoms with van der Waals surface area (Å²) < 4.78 is 13.3. The summed E-state index contributed by atoms with van der Waals surface area (Å²) >= 11 is 0. The Morgan fingerprint density at radius 2 is 2.14 bits per heavy atom. The van der Waals surface area contributed by atoms with Gasteiger partial charge in [0.15, 0.2) is 11.5 Å². The zero-order chi connectivity index (χ0) is 19.9. The van der Waals surface area contributed by atoms with Gasteiger partial charge in [-0.1, -0.05) is 0 Å². The zero-order valence-electron chi connectivity index (χ0n) is 16.4. The van der Waals surface area contributed by atoms with Crippen LogP contribution in [-0.4, -0.2) is 46.0 Å². The Morgan fingerprint density at radius 3 is 2.82 bits per heavy atom. The molecule has 0 unspecified atom stereocenters. The van der Waals surface area contributed by atoms with Crippen molar-refractivity contribution in [2.45, 2.75) is 25.9 Å². The van der Waals surface area contributed by atoms with E-state index in [4.69, 9.17) is 14.5 Å². The first-order chi connectivity index (χ1) is 13.4. The number of anilines is 1. The number of aromatic nitrogens is 4. The minimum atomic E-state index is -0.521. The SMILES string of the molecule is CO[C@]1(c2cc(C)cc(-c3cn(C)c4nnc(NC(C)=O)cc34)n2)CCOC1. The molecule has 1 atom stereocenters. The number of nitrogens with one attached hydrogen (secondary N) is 1. The molecular weight excluding hydrogens is 358 g/mol. The molecule has 1 amide bonds. The van der Waals surface area contributed by atoms with E-state index in [1.807, 2.05) is 36.9 Å². The summed E-state index contributed by atoms with van der Waals surface area (Å²) in [7, 11) is 3.61. The van der Waals surface area contributed by atoms with Gasteiger partial charge < -0.3 is 19.4 Å². The van der Waals surface area contributed by atoms with Crippen LogP contribution in [0.4, 0.5) is 5.82 Å². The average Bonchev–Trinajstić information content (AvgIpc) is 3.26. The lowest BCUT2D eigenvalue weighted by Crippen LogP contribution is -2.30. The van der Waals surface area contributed by atoms with Crippen LogP contribution in [0.3, 0.4) is 0 Å². The molecule has 0 bridgehead atoms. The second-order valence-corrected chi connectivity index (χ2v) is 7.22. The molecule has 0 spiro atoms. The van der Waals surface area contributed by atoms with Gasteiger partial charge in [-0.15, -0.1) is 10.2 Å². The van der Waals surface area contributed by atoms with E-state index < -0.39 is 5.60 Å². The minimum absolute atomic E-state index is 0.189. The van der Waals surface area contributed by atoms with Crippen molar-refractivity contribution in [3.8, 4) is 11.3 Å². The predicted molar refractivity (Wildman–Crippen MR) is 105 cm³/mol. The van der Waals surface area contributed by atoms with Gasteiger partial charge in [0.05, 0.1) is 18.0 Å². The quantitative estimate of drug-likeness (QED) is 0.747. The van der Waals surface area contributed by atoms with E-state index >= 15 is 0 Å². The number of rotatable bonds is 4. The molecule has 146 valence electrons.